The number of amides is 1. The van der Waals surface area contributed by atoms with Crippen molar-refractivity contribution in [3.05, 3.63) is 58.6 Å². The van der Waals surface area contributed by atoms with Crippen LogP contribution in [0.1, 0.15) is 43.2 Å². The third-order valence-electron chi connectivity index (χ3n) is 5.37. The van der Waals surface area contributed by atoms with E-state index in [1.54, 1.807) is 49.4 Å². The molecule has 2 aromatic rings. The number of anilines is 1. The second kappa shape index (κ2) is 9.18. The summed E-state index contributed by atoms with van der Waals surface area (Å²) in [4.78, 5) is 12.9. The molecule has 0 bridgehead atoms. The van der Waals surface area contributed by atoms with Crippen molar-refractivity contribution in [2.45, 2.75) is 56.9 Å². The molecule has 1 amide bonds. The van der Waals surface area contributed by atoms with Crippen molar-refractivity contribution in [1.82, 2.24) is 5.32 Å². The number of nitrogens with zero attached hydrogens (tertiary/aromatic N) is 1. The zero-order valence-corrected chi connectivity index (χ0v) is 18.4. The lowest BCUT2D eigenvalue weighted by Gasteiger charge is -2.28. The number of hydrogen-bond acceptors (Lipinski definition) is 3. The average molecular weight is 435 g/mol. The lowest BCUT2D eigenvalue weighted by Crippen LogP contribution is -2.45. The van der Waals surface area contributed by atoms with Gasteiger partial charge in [0.25, 0.3) is 10.0 Å². The Hall–Kier alpha value is -2.05. The van der Waals surface area contributed by atoms with E-state index < -0.39 is 10.0 Å². The first-order valence-electron chi connectivity index (χ1n) is 9.93. The maximum atomic E-state index is 13.4. The largest absolute Gasteiger partial charge is 0.352 e. The molecule has 1 aliphatic rings. The molecule has 1 saturated carbocycles. The smallest absolute Gasteiger partial charge is 0.264 e. The van der Waals surface area contributed by atoms with Crippen LogP contribution in [0.5, 0.6) is 0 Å². The van der Waals surface area contributed by atoms with E-state index in [1.807, 2.05) is 6.92 Å². The number of hydrogen-bond donors (Lipinski definition) is 1. The van der Waals surface area contributed by atoms with Crippen LogP contribution >= 0.6 is 11.6 Å². The third-order valence-corrected chi connectivity index (χ3v) is 7.56. The number of halogens is 1. The van der Waals surface area contributed by atoms with Gasteiger partial charge in [-0.25, -0.2) is 8.42 Å². The Bertz CT molecular complexity index is 968. The zero-order chi connectivity index (χ0) is 21.0. The SMILES string of the molecule is Cc1ccc(S(=O)(=O)N(CC(=O)NC2CCCCC2)c2cccc(Cl)c2C)cc1. The van der Waals surface area contributed by atoms with Crippen LogP contribution in [0, 0.1) is 13.8 Å². The highest BCUT2D eigenvalue weighted by atomic mass is 35.5. The van der Waals surface area contributed by atoms with Gasteiger partial charge in [0.1, 0.15) is 6.54 Å². The first kappa shape index (κ1) is 21.7. The van der Waals surface area contributed by atoms with Crippen LogP contribution in [0.3, 0.4) is 0 Å². The van der Waals surface area contributed by atoms with Crippen LogP contribution in [0.2, 0.25) is 5.02 Å². The molecule has 2 aromatic carbocycles. The Morgan fingerprint density at radius 2 is 1.72 bits per heavy atom. The molecular weight excluding hydrogens is 408 g/mol. The van der Waals surface area contributed by atoms with Crippen LogP contribution in [-0.2, 0) is 14.8 Å². The fourth-order valence-electron chi connectivity index (χ4n) is 3.65. The molecule has 156 valence electrons. The van der Waals surface area contributed by atoms with Gasteiger partial charge in [-0.1, -0.05) is 54.6 Å². The van der Waals surface area contributed by atoms with Gasteiger partial charge in [-0.05, 0) is 56.5 Å². The second-order valence-electron chi connectivity index (χ2n) is 7.61. The van der Waals surface area contributed by atoms with Crippen LogP contribution < -0.4 is 9.62 Å². The summed E-state index contributed by atoms with van der Waals surface area (Å²) in [6.45, 7) is 3.37. The molecule has 1 aliphatic carbocycles. The number of rotatable bonds is 6. The molecule has 0 spiro atoms. The van der Waals surface area contributed by atoms with Crippen molar-refractivity contribution in [1.29, 1.82) is 0 Å². The van der Waals surface area contributed by atoms with E-state index in [0.717, 1.165) is 35.6 Å². The van der Waals surface area contributed by atoms with Gasteiger partial charge >= 0.3 is 0 Å². The highest BCUT2D eigenvalue weighted by Gasteiger charge is 2.29. The van der Waals surface area contributed by atoms with Crippen LogP contribution in [0.15, 0.2) is 47.4 Å². The first-order valence-corrected chi connectivity index (χ1v) is 11.7. The summed E-state index contributed by atoms with van der Waals surface area (Å²) < 4.78 is 28.0. The Labute approximate surface area is 178 Å². The van der Waals surface area contributed by atoms with Gasteiger partial charge in [0.2, 0.25) is 5.91 Å². The van der Waals surface area contributed by atoms with Gasteiger partial charge in [-0.15, -0.1) is 0 Å². The van der Waals surface area contributed by atoms with Gasteiger partial charge in [0.15, 0.2) is 0 Å². The molecule has 0 saturated heterocycles. The molecule has 5 nitrogen and oxygen atoms in total. The van der Waals surface area contributed by atoms with E-state index in [9.17, 15) is 13.2 Å². The maximum absolute atomic E-state index is 13.4. The monoisotopic (exact) mass is 434 g/mol. The molecule has 0 unspecified atom stereocenters. The van der Waals surface area contributed by atoms with Gasteiger partial charge in [0.05, 0.1) is 10.6 Å². The normalized spacial score (nSPS) is 15.1. The topological polar surface area (TPSA) is 66.5 Å². The number of aryl methyl sites for hydroxylation is 1. The van der Waals surface area contributed by atoms with E-state index in [4.69, 9.17) is 11.6 Å². The van der Waals surface area contributed by atoms with Crippen LogP contribution in [0.25, 0.3) is 0 Å². The summed E-state index contributed by atoms with van der Waals surface area (Å²) in [7, 11) is -3.93. The van der Waals surface area contributed by atoms with Crippen molar-refractivity contribution in [3.63, 3.8) is 0 Å². The van der Waals surface area contributed by atoms with Crippen molar-refractivity contribution in [2.75, 3.05) is 10.8 Å². The predicted molar refractivity (Wildman–Crippen MR) is 117 cm³/mol. The Balaban J connectivity index is 1.94. The molecule has 1 fully saturated rings. The van der Waals surface area contributed by atoms with E-state index in [1.165, 1.54) is 6.42 Å². The Morgan fingerprint density at radius 3 is 2.38 bits per heavy atom. The standard InChI is InChI=1S/C22H27ClN2O3S/c1-16-11-13-19(14-12-16)29(27,28)25(21-10-6-9-20(23)17(21)2)15-22(26)24-18-7-4-3-5-8-18/h6,9-14,18H,3-5,7-8,15H2,1-2H3,(H,24,26). The van der Waals surface area contributed by atoms with E-state index in [0.29, 0.717) is 16.3 Å². The van der Waals surface area contributed by atoms with Gasteiger partial charge in [0, 0.05) is 11.1 Å². The minimum absolute atomic E-state index is 0.112. The first-order chi connectivity index (χ1) is 13.8. The minimum Gasteiger partial charge on any atom is -0.352 e. The highest BCUT2D eigenvalue weighted by molar-refractivity contribution is 7.92. The number of benzene rings is 2. The number of nitrogens with one attached hydrogen (secondary N) is 1. The molecule has 0 aliphatic heterocycles. The fourth-order valence-corrected chi connectivity index (χ4v) is 5.30. The lowest BCUT2D eigenvalue weighted by molar-refractivity contribution is -0.120. The number of sulfonamides is 1. The van der Waals surface area contributed by atoms with Crippen molar-refractivity contribution in [3.8, 4) is 0 Å². The van der Waals surface area contributed by atoms with E-state index >= 15 is 0 Å². The molecule has 3 rings (SSSR count). The molecule has 0 heterocycles. The Morgan fingerprint density at radius 1 is 1.07 bits per heavy atom. The maximum Gasteiger partial charge on any atom is 0.264 e. The number of carbonyl (C=O) groups is 1. The third kappa shape index (κ3) is 5.11. The summed E-state index contributed by atoms with van der Waals surface area (Å²) >= 11 is 6.24. The molecule has 0 atom stereocenters. The van der Waals surface area contributed by atoms with Crippen molar-refractivity contribution < 1.29 is 13.2 Å². The fraction of sp³-hybridized carbons (Fsp3) is 0.409. The van der Waals surface area contributed by atoms with Gasteiger partial charge in [-0.2, -0.15) is 0 Å². The summed E-state index contributed by atoms with van der Waals surface area (Å²) in [5, 5.41) is 3.47. The van der Waals surface area contributed by atoms with Crippen LogP contribution in [-0.4, -0.2) is 26.9 Å². The molecule has 7 heteroatoms. The minimum atomic E-state index is -3.93. The van der Waals surface area contributed by atoms with Gasteiger partial charge < -0.3 is 5.32 Å². The molecule has 0 radical (unpaired) electrons. The second-order valence-corrected chi connectivity index (χ2v) is 9.88. The summed E-state index contributed by atoms with van der Waals surface area (Å²) in [5.41, 5.74) is 2.00. The summed E-state index contributed by atoms with van der Waals surface area (Å²) in [6.07, 6.45) is 5.23. The van der Waals surface area contributed by atoms with Crippen molar-refractivity contribution in [2.24, 2.45) is 0 Å². The molecule has 0 aromatic heterocycles. The lowest BCUT2D eigenvalue weighted by atomic mass is 9.95. The summed E-state index contributed by atoms with van der Waals surface area (Å²) in [6, 6.07) is 11.8. The molecule has 29 heavy (non-hydrogen) atoms. The average Bonchev–Trinajstić information content (AvgIpc) is 2.69. The van der Waals surface area contributed by atoms with E-state index in [2.05, 4.69) is 5.32 Å². The summed E-state index contributed by atoms with van der Waals surface area (Å²) in [5.74, 6) is -0.299. The van der Waals surface area contributed by atoms with Crippen molar-refractivity contribution >= 4 is 33.2 Å². The highest BCUT2D eigenvalue weighted by Crippen LogP contribution is 2.31. The van der Waals surface area contributed by atoms with Gasteiger partial charge in [-0.3, -0.25) is 9.10 Å². The zero-order valence-electron chi connectivity index (χ0n) is 16.8. The number of carbonyl (C=O) groups excluding carboxylic acids is 1. The Kier molecular flexibility index (Phi) is 6.85. The predicted octanol–water partition coefficient (Wildman–Crippen LogP) is 4.60. The molecule has 1 N–H and O–H groups in total. The molecular formula is C22H27ClN2O3S. The quantitative estimate of drug-likeness (QED) is 0.722. The van der Waals surface area contributed by atoms with Crippen LogP contribution in [0.4, 0.5) is 5.69 Å². The van der Waals surface area contributed by atoms with E-state index in [-0.39, 0.29) is 23.4 Å².